The molecule has 4 N–H and O–H groups in total. The van der Waals surface area contributed by atoms with Crippen LogP contribution in [0.1, 0.15) is 51.4 Å². The predicted octanol–water partition coefficient (Wildman–Crippen LogP) is 1.86. The van der Waals surface area contributed by atoms with Crippen molar-refractivity contribution in [3.63, 3.8) is 0 Å². The Morgan fingerprint density at radius 3 is 2.36 bits per heavy atom. The molecule has 1 saturated carbocycles. The number of piperidine rings is 1. The van der Waals surface area contributed by atoms with E-state index < -0.39 is 11.8 Å². The number of carbonyl (C=O) groups is 1. The normalized spacial score (nSPS) is 45.7. The maximum absolute atomic E-state index is 12.9. The molecular formula is C15H23F3N2O2. The molecule has 0 aromatic rings. The molecule has 3 unspecified atom stereocenters. The van der Waals surface area contributed by atoms with E-state index in [0.717, 1.165) is 19.3 Å². The van der Waals surface area contributed by atoms with Crippen molar-refractivity contribution in [1.82, 2.24) is 5.32 Å². The largest absolute Gasteiger partial charge is 0.417 e. The summed E-state index contributed by atoms with van der Waals surface area (Å²) in [6, 6.07) is 0.245. The third-order valence-electron chi connectivity index (χ3n) is 6.13. The average Bonchev–Trinajstić information content (AvgIpc) is 2.74. The second-order valence-electron chi connectivity index (χ2n) is 7.38. The maximum atomic E-state index is 12.9. The Hall–Kier alpha value is -0.820. The van der Waals surface area contributed by atoms with Gasteiger partial charge in [-0.2, -0.15) is 13.2 Å². The van der Waals surface area contributed by atoms with Crippen LogP contribution in [0, 0.1) is 11.8 Å². The van der Waals surface area contributed by atoms with Crippen LogP contribution in [0.5, 0.6) is 0 Å². The minimum Gasteiger partial charge on any atom is -0.380 e. The van der Waals surface area contributed by atoms with Crippen molar-refractivity contribution in [2.24, 2.45) is 17.6 Å². The SMILES string of the molecule is NC(=O)C1CC2CCC(C3CCC(O)(C(F)(F)F)CC3)(C1)N2. The Balaban J connectivity index is 1.72. The lowest BCUT2D eigenvalue weighted by molar-refractivity contribution is -0.273. The van der Waals surface area contributed by atoms with Crippen LogP contribution < -0.4 is 11.1 Å². The van der Waals surface area contributed by atoms with Gasteiger partial charge in [-0.25, -0.2) is 0 Å². The summed E-state index contributed by atoms with van der Waals surface area (Å²) >= 11 is 0. The molecule has 0 aromatic heterocycles. The maximum Gasteiger partial charge on any atom is 0.417 e. The number of rotatable bonds is 2. The topological polar surface area (TPSA) is 75.4 Å². The second kappa shape index (κ2) is 5.09. The lowest BCUT2D eigenvalue weighted by Crippen LogP contribution is -2.58. The first kappa shape index (κ1) is 16.1. The second-order valence-corrected chi connectivity index (χ2v) is 7.38. The van der Waals surface area contributed by atoms with Crippen LogP contribution in [-0.2, 0) is 4.79 Å². The van der Waals surface area contributed by atoms with Crippen molar-refractivity contribution in [2.75, 3.05) is 0 Å². The highest BCUT2D eigenvalue weighted by molar-refractivity contribution is 5.77. The van der Waals surface area contributed by atoms with Crippen molar-refractivity contribution < 1.29 is 23.1 Å². The Bertz CT molecular complexity index is 460. The number of primary amides is 1. The first-order valence-corrected chi connectivity index (χ1v) is 8.01. The number of alkyl halides is 3. The molecule has 1 amide bonds. The highest BCUT2D eigenvalue weighted by Gasteiger charge is 2.58. The molecular weight excluding hydrogens is 297 g/mol. The fourth-order valence-corrected chi connectivity index (χ4v) is 4.82. The monoisotopic (exact) mass is 320 g/mol. The van der Waals surface area contributed by atoms with Crippen LogP contribution in [0.15, 0.2) is 0 Å². The molecule has 0 radical (unpaired) electrons. The van der Waals surface area contributed by atoms with Gasteiger partial charge in [0.05, 0.1) is 0 Å². The summed E-state index contributed by atoms with van der Waals surface area (Å²) in [5.74, 6) is -0.417. The van der Waals surface area contributed by atoms with Gasteiger partial charge in [-0.15, -0.1) is 0 Å². The Morgan fingerprint density at radius 1 is 1.18 bits per heavy atom. The van der Waals surface area contributed by atoms with Gasteiger partial charge < -0.3 is 16.2 Å². The Kier molecular flexibility index (Phi) is 3.72. The number of aliphatic hydroxyl groups is 1. The number of nitrogens with two attached hydrogens (primary N) is 1. The molecule has 3 atom stereocenters. The zero-order chi connectivity index (χ0) is 16.2. The summed E-state index contributed by atoms with van der Waals surface area (Å²) in [4.78, 5) is 11.5. The minimum absolute atomic E-state index is 0.0716. The van der Waals surface area contributed by atoms with E-state index >= 15 is 0 Å². The summed E-state index contributed by atoms with van der Waals surface area (Å²) in [5.41, 5.74) is 2.64. The number of nitrogens with one attached hydrogen (secondary N) is 1. The number of carbonyl (C=O) groups excluding carboxylic acids is 1. The molecule has 0 spiro atoms. The molecule has 2 bridgehead atoms. The smallest absolute Gasteiger partial charge is 0.380 e. The van der Waals surface area contributed by atoms with Crippen LogP contribution in [0.3, 0.4) is 0 Å². The van der Waals surface area contributed by atoms with Crippen molar-refractivity contribution in [3.05, 3.63) is 0 Å². The van der Waals surface area contributed by atoms with Crippen LogP contribution in [-0.4, -0.2) is 34.4 Å². The molecule has 4 nitrogen and oxygen atoms in total. The molecule has 126 valence electrons. The molecule has 2 heterocycles. The number of hydrogen-bond donors (Lipinski definition) is 3. The molecule has 3 rings (SSSR count). The zero-order valence-electron chi connectivity index (χ0n) is 12.5. The summed E-state index contributed by atoms with van der Waals surface area (Å²) in [6.07, 6.45) is -1.22. The Morgan fingerprint density at radius 2 is 1.82 bits per heavy atom. The molecule has 7 heteroatoms. The molecule has 2 aliphatic heterocycles. The van der Waals surface area contributed by atoms with Crippen LogP contribution in [0.2, 0.25) is 0 Å². The molecule has 0 aromatic carbocycles. The van der Waals surface area contributed by atoms with Gasteiger partial charge in [0.25, 0.3) is 0 Å². The summed E-state index contributed by atoms with van der Waals surface area (Å²) in [5, 5.41) is 13.4. The first-order valence-electron chi connectivity index (χ1n) is 8.01. The van der Waals surface area contributed by atoms with Crippen LogP contribution >= 0.6 is 0 Å². The van der Waals surface area contributed by atoms with Gasteiger partial charge in [0.15, 0.2) is 5.60 Å². The molecule has 3 aliphatic rings. The van der Waals surface area contributed by atoms with Gasteiger partial charge >= 0.3 is 6.18 Å². The lowest BCUT2D eigenvalue weighted by Gasteiger charge is -2.48. The quantitative estimate of drug-likeness (QED) is 0.727. The van der Waals surface area contributed by atoms with Gasteiger partial charge in [0, 0.05) is 17.5 Å². The molecule has 22 heavy (non-hydrogen) atoms. The Labute approximate surface area is 127 Å². The van der Waals surface area contributed by atoms with E-state index in [4.69, 9.17) is 5.73 Å². The van der Waals surface area contributed by atoms with E-state index in [9.17, 15) is 23.1 Å². The highest BCUT2D eigenvalue weighted by atomic mass is 19.4. The molecule has 3 fully saturated rings. The van der Waals surface area contributed by atoms with Crippen molar-refractivity contribution in [1.29, 1.82) is 0 Å². The standard InChI is InChI=1S/C15H23F3N2O2/c16-15(17,18)14(22)5-1-10(2-6-14)13-4-3-11(20-13)7-9(8-13)12(19)21/h9-11,20,22H,1-8H2,(H2,19,21). The van der Waals surface area contributed by atoms with Gasteiger partial charge in [-0.3, -0.25) is 4.79 Å². The summed E-state index contributed by atoms with van der Waals surface area (Å²) < 4.78 is 38.8. The van der Waals surface area contributed by atoms with Gasteiger partial charge in [-0.1, -0.05) is 0 Å². The fraction of sp³-hybridized carbons (Fsp3) is 0.933. The first-order chi connectivity index (χ1) is 10.2. The van der Waals surface area contributed by atoms with Gasteiger partial charge in [-0.05, 0) is 57.3 Å². The van der Waals surface area contributed by atoms with Gasteiger partial charge in [0.1, 0.15) is 0 Å². The van der Waals surface area contributed by atoms with E-state index in [1.54, 1.807) is 0 Å². The number of amides is 1. The van der Waals surface area contributed by atoms with E-state index in [-0.39, 0.29) is 42.2 Å². The highest BCUT2D eigenvalue weighted by Crippen LogP contribution is 2.51. The minimum atomic E-state index is -4.57. The number of halogens is 3. The van der Waals surface area contributed by atoms with Crippen LogP contribution in [0.4, 0.5) is 13.2 Å². The fourth-order valence-electron chi connectivity index (χ4n) is 4.82. The van der Waals surface area contributed by atoms with E-state index in [1.807, 2.05) is 0 Å². The zero-order valence-corrected chi connectivity index (χ0v) is 12.5. The molecule has 1 aliphatic carbocycles. The third kappa shape index (κ3) is 2.52. The summed E-state index contributed by atoms with van der Waals surface area (Å²) in [7, 11) is 0. The van der Waals surface area contributed by atoms with E-state index in [1.165, 1.54) is 0 Å². The average molecular weight is 320 g/mol. The predicted molar refractivity (Wildman–Crippen MR) is 73.8 cm³/mol. The van der Waals surface area contributed by atoms with E-state index in [2.05, 4.69) is 5.32 Å². The number of hydrogen-bond acceptors (Lipinski definition) is 3. The third-order valence-corrected chi connectivity index (χ3v) is 6.13. The molecule has 2 saturated heterocycles. The van der Waals surface area contributed by atoms with Gasteiger partial charge in [0.2, 0.25) is 5.91 Å². The lowest BCUT2D eigenvalue weighted by atomic mass is 9.66. The number of fused-ring (bicyclic) bond motifs is 2. The van der Waals surface area contributed by atoms with Crippen molar-refractivity contribution in [2.45, 2.75) is 74.7 Å². The van der Waals surface area contributed by atoms with Crippen molar-refractivity contribution in [3.8, 4) is 0 Å². The van der Waals surface area contributed by atoms with Crippen LogP contribution in [0.25, 0.3) is 0 Å². The van der Waals surface area contributed by atoms with E-state index in [0.29, 0.717) is 19.3 Å². The van der Waals surface area contributed by atoms with Crippen molar-refractivity contribution >= 4 is 5.91 Å². The summed E-state index contributed by atoms with van der Waals surface area (Å²) in [6.45, 7) is 0.